The Morgan fingerprint density at radius 2 is 0.637 bits per heavy atom. The summed E-state index contributed by atoms with van der Waals surface area (Å²) in [6.45, 7) is -2.74. The van der Waals surface area contributed by atoms with E-state index >= 15 is 24.0 Å². The first kappa shape index (κ1) is 67.1. The number of ether oxygens (including phenoxy) is 11. The van der Waals surface area contributed by atoms with Gasteiger partial charge in [-0.15, -0.1) is 0 Å². The molecule has 0 aromatic heterocycles. The Bertz CT molecular complexity index is 4800. The molecule has 102 heavy (non-hydrogen) atoms. The second kappa shape index (κ2) is 28.5. The zero-order valence-electron chi connectivity index (χ0n) is 53.0. The van der Waals surface area contributed by atoms with Gasteiger partial charge in [0.25, 0.3) is 0 Å². The zero-order valence-corrected chi connectivity index (χ0v) is 53.0. The number of carbonyl (C=O) groups is 5. The van der Waals surface area contributed by atoms with Crippen molar-refractivity contribution in [2.24, 2.45) is 0 Å². The number of rotatable bonds is 17. The average molecular weight is 1390 g/mol. The van der Waals surface area contributed by atoms with Gasteiger partial charge in [-0.05, 0) is 64.2 Å². The molecule has 3 aliphatic heterocycles. The maximum atomic E-state index is 15.6. The summed E-state index contributed by atoms with van der Waals surface area (Å²) in [5, 5.41) is 119. The van der Waals surface area contributed by atoms with Crippen molar-refractivity contribution < 1.29 is 127 Å². The van der Waals surface area contributed by atoms with Crippen LogP contribution in [0, 0.1) is 0 Å². The van der Waals surface area contributed by atoms with Gasteiger partial charge < -0.3 is 103 Å². The summed E-state index contributed by atoms with van der Waals surface area (Å²) in [5.74, 6) is -21.3. The molecular weight excluding hydrogens is 1330 g/mol. The average Bonchev–Trinajstić information content (AvgIpc) is 1.03. The predicted octanol–water partition coefficient (Wildman–Crippen LogP) is 11.0. The van der Waals surface area contributed by atoms with E-state index in [4.69, 9.17) is 52.1 Å². The van der Waals surface area contributed by atoms with E-state index in [1.807, 2.05) is 0 Å². The number of benzene rings is 10. The summed E-state index contributed by atoms with van der Waals surface area (Å²) in [4.78, 5) is 76.6. The van der Waals surface area contributed by atoms with Crippen LogP contribution in [0.15, 0.2) is 188 Å². The molecule has 518 valence electrons. The third-order valence-electron chi connectivity index (χ3n) is 16.7. The molecule has 10 aromatic carbocycles. The lowest BCUT2D eigenvalue weighted by Crippen LogP contribution is -2.63. The topological polar surface area (TPSA) is 389 Å². The monoisotopic (exact) mass is 1390 g/mol. The fourth-order valence-corrected chi connectivity index (χ4v) is 11.8. The van der Waals surface area contributed by atoms with E-state index in [2.05, 4.69) is 0 Å². The van der Waals surface area contributed by atoms with Gasteiger partial charge in [0.1, 0.15) is 45.7 Å². The van der Waals surface area contributed by atoms with Gasteiger partial charge in [0, 0.05) is 22.3 Å². The summed E-state index contributed by atoms with van der Waals surface area (Å²) in [5.41, 5.74) is -4.88. The second-order valence-electron chi connectivity index (χ2n) is 23.4. The number of cyclic esters (lactones) is 1. The molecule has 26 nitrogen and oxygen atoms in total. The van der Waals surface area contributed by atoms with Gasteiger partial charge in [-0.25, -0.2) is 24.0 Å². The van der Waals surface area contributed by atoms with E-state index in [-0.39, 0.29) is 33.0 Å². The molecule has 3 aliphatic rings. The SMILES string of the molecule is O=C(O[C@@H]1[C@H]2OC(=O)c3cc(O)c(OCc4ccccc4)c(O)c3-c3c(cc(O)c(OCc4ccccc4)c3O)C(=O)O[C@@H]2O[C@@H]2COC(=O)c3cc(O)c(OCc4ccccc4)c(O)c3-c3c(cc(O)c(OCc4ccccc4)c3O)C(=O)O[C@@H]12)c1cc(O)c(OCc2ccccc2)c(O)c1. The normalized spacial score (nSPS) is 16.9. The summed E-state index contributed by atoms with van der Waals surface area (Å²) in [7, 11) is 0. The third-order valence-corrected chi connectivity index (χ3v) is 16.7. The van der Waals surface area contributed by atoms with Crippen molar-refractivity contribution >= 4 is 29.8 Å². The molecule has 13 rings (SSSR count). The van der Waals surface area contributed by atoms with Gasteiger partial charge in [-0.3, -0.25) is 0 Å². The highest BCUT2D eigenvalue weighted by Gasteiger charge is 2.56. The van der Waals surface area contributed by atoms with Crippen molar-refractivity contribution in [2.75, 3.05) is 6.61 Å². The van der Waals surface area contributed by atoms with E-state index in [1.54, 1.807) is 152 Å². The van der Waals surface area contributed by atoms with E-state index in [0.717, 1.165) is 24.3 Å². The number of hydrogen-bond donors (Lipinski definition) is 10. The lowest BCUT2D eigenvalue weighted by Gasteiger charge is -2.44. The molecular formula is C76H58O26. The lowest BCUT2D eigenvalue weighted by molar-refractivity contribution is -0.282. The lowest BCUT2D eigenvalue weighted by atomic mass is 9.91. The standard InChI is InChI=1S/C76H58O26/c77-48-26-43(27-49(78)63(48)92-32-38-16-6-1-7-17-38)71(87)100-69-68-54(37-97-72(88)44-28-50(79)64(93-33-39-18-8-2-9-19-39)59(83)55(44)56-45(73(89)99-68)29-51(80)65(60(56)84)94-34-40-20-10-3-11-21-40)98-76-70(69)101-74(90)46-30-52(81)66(95-35-41-22-12-4-13-23-41)61(85)57(46)58-47(75(91)102-76)31-53(82)67(62(58)86)96-36-42-24-14-5-15-25-42/h1-31,54,68-70,76-86H,32-37H2/t54-,68-,69+,70-,76+/m1/s1. The number of aromatic hydroxyl groups is 10. The second-order valence-corrected chi connectivity index (χ2v) is 23.4. The van der Waals surface area contributed by atoms with Crippen LogP contribution in [0.2, 0.25) is 0 Å². The molecule has 10 N–H and O–H groups in total. The van der Waals surface area contributed by atoms with Crippen molar-refractivity contribution in [3.63, 3.8) is 0 Å². The van der Waals surface area contributed by atoms with Gasteiger partial charge in [-0.2, -0.15) is 0 Å². The Morgan fingerprint density at radius 3 is 0.971 bits per heavy atom. The van der Waals surface area contributed by atoms with E-state index in [1.165, 1.54) is 0 Å². The minimum Gasteiger partial charge on any atom is -0.504 e. The smallest absolute Gasteiger partial charge is 0.341 e. The van der Waals surface area contributed by atoms with Crippen LogP contribution in [-0.4, -0.2) is 118 Å². The van der Waals surface area contributed by atoms with Crippen LogP contribution in [0.25, 0.3) is 22.3 Å². The van der Waals surface area contributed by atoms with E-state index in [9.17, 15) is 51.1 Å². The van der Waals surface area contributed by atoms with Crippen molar-refractivity contribution in [2.45, 2.75) is 63.7 Å². The highest BCUT2D eigenvalue weighted by atomic mass is 16.7. The number of phenols is 10. The van der Waals surface area contributed by atoms with E-state index in [0.29, 0.717) is 39.9 Å². The van der Waals surface area contributed by atoms with Gasteiger partial charge in [0.2, 0.25) is 41.1 Å². The fraction of sp³-hybridized carbons (Fsp3) is 0.145. The first-order valence-electron chi connectivity index (χ1n) is 31.2. The number of esters is 5. The molecule has 0 spiro atoms. The summed E-state index contributed by atoms with van der Waals surface area (Å²) >= 11 is 0. The van der Waals surface area contributed by atoms with Crippen molar-refractivity contribution in [3.05, 3.63) is 244 Å². The maximum Gasteiger partial charge on any atom is 0.341 e. The molecule has 0 unspecified atom stereocenters. The Hall–Kier alpha value is -13.5. The van der Waals surface area contributed by atoms with Crippen LogP contribution in [0.5, 0.6) is 86.2 Å². The molecule has 5 atom stereocenters. The van der Waals surface area contributed by atoms with Gasteiger partial charge in [0.05, 0.1) is 27.8 Å². The minimum absolute atomic E-state index is 0.191. The Kier molecular flexibility index (Phi) is 18.8. The molecule has 0 amide bonds. The molecule has 26 heteroatoms. The third kappa shape index (κ3) is 13.5. The van der Waals surface area contributed by atoms with Gasteiger partial charge >= 0.3 is 29.8 Å². The Morgan fingerprint density at radius 1 is 0.353 bits per heavy atom. The first-order valence-corrected chi connectivity index (χ1v) is 31.2. The molecule has 1 saturated heterocycles. The van der Waals surface area contributed by atoms with Crippen molar-refractivity contribution in [1.29, 1.82) is 0 Å². The Balaban J connectivity index is 0.971. The molecule has 0 saturated carbocycles. The minimum atomic E-state index is -2.50. The number of fused-ring (bicyclic) bond motifs is 8. The number of carbonyl (C=O) groups excluding carboxylic acids is 5. The number of hydrogen-bond acceptors (Lipinski definition) is 26. The predicted molar refractivity (Wildman–Crippen MR) is 353 cm³/mol. The largest absolute Gasteiger partial charge is 0.504 e. The van der Waals surface area contributed by atoms with Crippen molar-refractivity contribution in [1.82, 2.24) is 0 Å². The van der Waals surface area contributed by atoms with Crippen LogP contribution in [0.3, 0.4) is 0 Å². The summed E-state index contributed by atoms with van der Waals surface area (Å²) in [6, 6.07) is 46.5. The molecule has 0 radical (unpaired) electrons. The van der Waals surface area contributed by atoms with Crippen LogP contribution in [0.1, 0.15) is 79.6 Å². The molecule has 0 aliphatic carbocycles. The van der Waals surface area contributed by atoms with Crippen LogP contribution in [-0.2, 0) is 61.5 Å². The molecule has 3 heterocycles. The van der Waals surface area contributed by atoms with Gasteiger partial charge in [-0.1, -0.05) is 152 Å². The highest BCUT2D eigenvalue weighted by Crippen LogP contribution is 2.57. The Labute approximate surface area is 577 Å². The molecule has 0 bridgehead atoms. The first-order chi connectivity index (χ1) is 49.3. The summed E-state index contributed by atoms with van der Waals surface area (Å²) < 4.78 is 66.2. The van der Waals surface area contributed by atoms with E-state index < -0.39 is 203 Å². The fourth-order valence-electron chi connectivity index (χ4n) is 11.8. The quantitative estimate of drug-likeness (QED) is 0.0299. The molecule has 10 aromatic rings. The van der Waals surface area contributed by atoms with Crippen LogP contribution >= 0.6 is 0 Å². The molecule has 1 fully saturated rings. The maximum absolute atomic E-state index is 15.6. The van der Waals surface area contributed by atoms with Gasteiger partial charge in [0.15, 0.2) is 69.7 Å². The van der Waals surface area contributed by atoms with Crippen molar-refractivity contribution in [3.8, 4) is 108 Å². The highest BCUT2D eigenvalue weighted by molar-refractivity contribution is 6.10. The zero-order chi connectivity index (χ0) is 71.5. The number of phenolic OH excluding ortho intramolecular Hbond substituents is 10. The summed E-state index contributed by atoms with van der Waals surface area (Å²) in [6.07, 6.45) is -12.0. The van der Waals surface area contributed by atoms with Crippen LogP contribution < -0.4 is 23.7 Å². The van der Waals surface area contributed by atoms with Crippen LogP contribution in [0.4, 0.5) is 0 Å².